The fourth-order valence-corrected chi connectivity index (χ4v) is 1.30. The number of hydrogen-bond acceptors (Lipinski definition) is 3. The summed E-state index contributed by atoms with van der Waals surface area (Å²) in [5.41, 5.74) is 0. The largest absolute Gasteiger partial charge is 0.376 e. The van der Waals surface area contributed by atoms with Crippen molar-refractivity contribution in [3.8, 4) is 0 Å². The molecule has 1 aliphatic rings. The van der Waals surface area contributed by atoms with Gasteiger partial charge in [0.05, 0.1) is 18.9 Å². The van der Waals surface area contributed by atoms with Crippen molar-refractivity contribution in [2.45, 2.75) is 19.4 Å². The maximum absolute atomic E-state index is 10.2. The average Bonchev–Trinajstić information content (AvgIpc) is 2.06. The molecule has 0 unspecified atom stereocenters. The van der Waals surface area contributed by atoms with E-state index in [9.17, 15) is 4.79 Å². The van der Waals surface area contributed by atoms with Crippen LogP contribution in [0.2, 0.25) is 0 Å². The number of morpholine rings is 1. The van der Waals surface area contributed by atoms with Crippen molar-refractivity contribution in [1.82, 2.24) is 4.81 Å². The molecule has 0 aliphatic carbocycles. The molecule has 1 fully saturated rings. The highest BCUT2D eigenvalue weighted by molar-refractivity contribution is 6.64. The van der Waals surface area contributed by atoms with Gasteiger partial charge in [0, 0.05) is 13.1 Å². The first-order valence-corrected chi connectivity index (χ1v) is 4.14. The van der Waals surface area contributed by atoms with E-state index in [2.05, 4.69) is 11.7 Å². The van der Waals surface area contributed by atoms with Crippen molar-refractivity contribution >= 4 is 13.6 Å². The predicted octanol–water partition coefficient (Wildman–Crippen LogP) is -0.361. The lowest BCUT2D eigenvalue weighted by Gasteiger charge is -2.30. The zero-order valence-corrected chi connectivity index (χ0v) is 6.95. The molecule has 0 aromatic heterocycles. The van der Waals surface area contributed by atoms with E-state index < -0.39 is 0 Å². The summed E-state index contributed by atoms with van der Waals surface area (Å²) in [6, 6.07) is 0. The van der Waals surface area contributed by atoms with Crippen LogP contribution in [0.3, 0.4) is 0 Å². The van der Waals surface area contributed by atoms with Crippen LogP contribution in [0.4, 0.5) is 0 Å². The monoisotopic (exact) mass is 155 g/mol. The second-order valence-corrected chi connectivity index (χ2v) is 2.83. The van der Waals surface area contributed by atoms with Gasteiger partial charge in [-0.1, -0.05) is 6.92 Å². The molecule has 11 heavy (non-hydrogen) atoms. The molecule has 1 aliphatic heterocycles. The summed E-state index contributed by atoms with van der Waals surface area (Å²) in [5.74, 6) is 0. The standard InChI is InChI=1S/C7H14BNO2/c1-2-7-5-9(8-6-10)3-4-11-7/h6-8H,2-5H2,1H3/t7-/m1/s1. The van der Waals surface area contributed by atoms with Crippen molar-refractivity contribution in [1.29, 1.82) is 0 Å². The molecule has 0 amide bonds. The minimum atomic E-state index is 0.337. The van der Waals surface area contributed by atoms with Gasteiger partial charge < -0.3 is 14.3 Å². The van der Waals surface area contributed by atoms with Gasteiger partial charge in [0.2, 0.25) is 0 Å². The summed E-state index contributed by atoms with van der Waals surface area (Å²) in [6.45, 7) is 4.69. The van der Waals surface area contributed by atoms with Gasteiger partial charge in [-0.15, -0.1) is 0 Å². The second-order valence-electron chi connectivity index (χ2n) is 2.83. The van der Waals surface area contributed by atoms with E-state index in [-0.39, 0.29) is 0 Å². The van der Waals surface area contributed by atoms with Crippen LogP contribution in [0, 0.1) is 0 Å². The Kier molecular flexibility index (Phi) is 3.59. The average molecular weight is 155 g/mol. The smallest absolute Gasteiger partial charge is 0.281 e. The molecule has 0 saturated carbocycles. The van der Waals surface area contributed by atoms with Gasteiger partial charge in [-0.25, -0.2) is 0 Å². The maximum atomic E-state index is 10.2. The lowest BCUT2D eigenvalue weighted by molar-refractivity contribution is -0.00304. The third-order valence-corrected chi connectivity index (χ3v) is 2.01. The van der Waals surface area contributed by atoms with Gasteiger partial charge >= 0.3 is 0 Å². The first-order valence-electron chi connectivity index (χ1n) is 4.14. The highest BCUT2D eigenvalue weighted by Gasteiger charge is 2.18. The number of rotatable bonds is 3. The van der Waals surface area contributed by atoms with Crippen LogP contribution in [0.15, 0.2) is 0 Å². The molecule has 0 bridgehead atoms. The zero-order chi connectivity index (χ0) is 8.10. The Morgan fingerprint density at radius 3 is 3.27 bits per heavy atom. The number of carbonyl (C=O) groups excluding carboxylic acids is 1. The van der Waals surface area contributed by atoms with E-state index in [1.165, 1.54) is 0 Å². The molecule has 4 heteroatoms. The Labute approximate surface area is 68.0 Å². The minimum Gasteiger partial charge on any atom is -0.376 e. The molecule has 0 aromatic carbocycles. The van der Waals surface area contributed by atoms with Gasteiger partial charge in [0.15, 0.2) is 0 Å². The minimum absolute atomic E-state index is 0.337. The maximum Gasteiger partial charge on any atom is 0.281 e. The van der Waals surface area contributed by atoms with Crippen LogP contribution in [0.1, 0.15) is 13.3 Å². The molecular formula is C7H14BNO2. The molecule has 0 aromatic rings. The zero-order valence-electron chi connectivity index (χ0n) is 6.95. The predicted molar refractivity (Wildman–Crippen MR) is 45.5 cm³/mol. The molecule has 62 valence electrons. The highest BCUT2D eigenvalue weighted by atomic mass is 16.5. The fourth-order valence-electron chi connectivity index (χ4n) is 1.30. The topological polar surface area (TPSA) is 29.5 Å². The van der Waals surface area contributed by atoms with Crippen LogP contribution in [0.25, 0.3) is 0 Å². The number of ether oxygens (including phenoxy) is 1. The third-order valence-electron chi connectivity index (χ3n) is 2.01. The van der Waals surface area contributed by atoms with Crippen LogP contribution in [-0.4, -0.2) is 44.2 Å². The van der Waals surface area contributed by atoms with E-state index in [1.807, 2.05) is 0 Å². The molecule has 0 radical (unpaired) electrons. The van der Waals surface area contributed by atoms with Crippen molar-refractivity contribution in [3.63, 3.8) is 0 Å². The quantitative estimate of drug-likeness (QED) is 0.411. The van der Waals surface area contributed by atoms with Gasteiger partial charge in [0.25, 0.3) is 7.41 Å². The highest BCUT2D eigenvalue weighted by Crippen LogP contribution is 2.05. The fraction of sp³-hybridized carbons (Fsp3) is 0.857. The van der Waals surface area contributed by atoms with E-state index in [4.69, 9.17) is 4.74 Å². The summed E-state index contributed by atoms with van der Waals surface area (Å²) in [4.78, 5) is 12.3. The summed E-state index contributed by atoms with van der Waals surface area (Å²) in [5, 5.41) is 0. The summed E-state index contributed by atoms with van der Waals surface area (Å²) < 4.78 is 5.45. The van der Waals surface area contributed by atoms with Gasteiger partial charge in [-0.05, 0) is 6.42 Å². The van der Waals surface area contributed by atoms with Crippen LogP contribution in [-0.2, 0) is 9.53 Å². The Hall–Kier alpha value is -0.345. The second kappa shape index (κ2) is 4.52. The van der Waals surface area contributed by atoms with Crippen LogP contribution < -0.4 is 0 Å². The third kappa shape index (κ3) is 2.63. The Morgan fingerprint density at radius 1 is 1.82 bits per heavy atom. The Bertz CT molecular complexity index is 132. The first-order chi connectivity index (χ1) is 5.36. The molecule has 1 heterocycles. The van der Waals surface area contributed by atoms with Crippen LogP contribution >= 0.6 is 0 Å². The Morgan fingerprint density at radius 2 is 2.64 bits per heavy atom. The van der Waals surface area contributed by atoms with Crippen LogP contribution in [0.5, 0.6) is 0 Å². The lowest BCUT2D eigenvalue weighted by Crippen LogP contribution is -2.44. The lowest BCUT2D eigenvalue weighted by atomic mass is 9.93. The van der Waals surface area contributed by atoms with E-state index in [0.717, 1.165) is 32.3 Å². The number of hydrogen-bond donors (Lipinski definition) is 0. The van der Waals surface area contributed by atoms with Crippen molar-refractivity contribution in [3.05, 3.63) is 0 Å². The Balaban J connectivity index is 2.27. The van der Waals surface area contributed by atoms with Crippen molar-refractivity contribution in [2.24, 2.45) is 0 Å². The molecule has 0 spiro atoms. The molecule has 1 atom stereocenters. The summed E-state index contributed by atoms with van der Waals surface area (Å²) >= 11 is 0. The number of nitrogens with zero attached hydrogens (tertiary/aromatic N) is 1. The van der Waals surface area contributed by atoms with Gasteiger partial charge in [0.1, 0.15) is 0 Å². The number of carbonyl (C=O) groups is 1. The first kappa shape index (κ1) is 8.75. The summed E-state index contributed by atoms with van der Waals surface area (Å²) in [6.07, 6.45) is 2.33. The van der Waals surface area contributed by atoms with E-state index >= 15 is 0 Å². The van der Waals surface area contributed by atoms with E-state index in [0.29, 0.717) is 13.5 Å². The van der Waals surface area contributed by atoms with E-state index in [1.54, 1.807) is 0 Å². The molecular weight excluding hydrogens is 141 g/mol. The normalized spacial score (nSPS) is 26.5. The molecule has 3 nitrogen and oxygen atoms in total. The molecule has 1 saturated heterocycles. The molecule has 0 N–H and O–H groups in total. The SMILES string of the molecule is CC[C@@H]1CN(BC=O)CCO1. The molecule has 1 rings (SSSR count). The van der Waals surface area contributed by atoms with Gasteiger partial charge in [-0.3, -0.25) is 0 Å². The van der Waals surface area contributed by atoms with Gasteiger partial charge in [-0.2, -0.15) is 0 Å². The summed E-state index contributed by atoms with van der Waals surface area (Å²) in [7, 11) is 0.555. The van der Waals surface area contributed by atoms with Crippen molar-refractivity contribution in [2.75, 3.05) is 19.7 Å². The van der Waals surface area contributed by atoms with Crippen molar-refractivity contribution < 1.29 is 9.53 Å².